The van der Waals surface area contributed by atoms with Crippen molar-refractivity contribution < 1.29 is 9.72 Å². The van der Waals surface area contributed by atoms with Crippen molar-refractivity contribution in [1.29, 1.82) is 0 Å². The van der Waals surface area contributed by atoms with Crippen molar-refractivity contribution >= 4 is 78.4 Å². The molecule has 1 amide bonds. The molecule has 7 nitrogen and oxygen atoms in total. The maximum atomic E-state index is 12.3. The quantitative estimate of drug-likeness (QED) is 0.129. The number of fused-ring (bicyclic) bond motifs is 1. The molecule has 4 aromatic rings. The lowest BCUT2D eigenvalue weighted by atomic mass is 10.2. The summed E-state index contributed by atoms with van der Waals surface area (Å²) >= 11 is 6.18. The molecule has 3 aromatic carbocycles. The number of nitrogens with one attached hydrogen (secondary N) is 1. The van der Waals surface area contributed by atoms with Crippen LogP contribution in [0.25, 0.3) is 10.2 Å². The number of nitro groups is 1. The van der Waals surface area contributed by atoms with Crippen LogP contribution >= 0.6 is 39.0 Å². The van der Waals surface area contributed by atoms with E-state index in [1.54, 1.807) is 18.3 Å². The Morgan fingerprint density at radius 3 is 2.75 bits per heavy atom. The van der Waals surface area contributed by atoms with Crippen LogP contribution in [-0.4, -0.2) is 27.8 Å². The van der Waals surface area contributed by atoms with E-state index in [4.69, 9.17) is 0 Å². The Labute approximate surface area is 199 Å². The molecule has 32 heavy (non-hydrogen) atoms. The van der Waals surface area contributed by atoms with Crippen molar-refractivity contribution in [2.75, 3.05) is 11.1 Å². The predicted molar refractivity (Wildman–Crippen MR) is 133 cm³/mol. The molecule has 4 rings (SSSR count). The van der Waals surface area contributed by atoms with E-state index < -0.39 is 4.92 Å². The van der Waals surface area contributed by atoms with Crippen molar-refractivity contribution in [3.8, 4) is 0 Å². The van der Waals surface area contributed by atoms with Crippen LogP contribution in [0.1, 0.15) is 5.56 Å². The molecule has 10 heteroatoms. The number of nitro benzene ring substituents is 1. The van der Waals surface area contributed by atoms with E-state index in [0.29, 0.717) is 0 Å². The molecule has 0 unspecified atom stereocenters. The molecule has 0 aliphatic carbocycles. The minimum Gasteiger partial charge on any atom is -0.320 e. The van der Waals surface area contributed by atoms with Gasteiger partial charge in [-0.1, -0.05) is 52.0 Å². The number of carbonyl (C=O) groups is 1. The van der Waals surface area contributed by atoms with E-state index >= 15 is 0 Å². The van der Waals surface area contributed by atoms with Gasteiger partial charge in [-0.15, -0.1) is 11.3 Å². The number of benzene rings is 3. The lowest BCUT2D eigenvalue weighted by molar-refractivity contribution is -0.383. The van der Waals surface area contributed by atoms with Gasteiger partial charge in [-0.25, -0.2) is 4.98 Å². The molecule has 1 aromatic heterocycles. The number of carbonyl (C=O) groups excluding carboxylic acids is 1. The first-order valence-electron chi connectivity index (χ1n) is 9.34. The van der Waals surface area contributed by atoms with E-state index in [0.717, 1.165) is 30.3 Å². The molecule has 1 N–H and O–H groups in total. The van der Waals surface area contributed by atoms with E-state index in [-0.39, 0.29) is 23.0 Å². The minimum absolute atomic E-state index is 0.0977. The Hall–Kier alpha value is -3.08. The van der Waals surface area contributed by atoms with Crippen LogP contribution in [0.15, 0.2) is 80.5 Å². The summed E-state index contributed by atoms with van der Waals surface area (Å²) in [4.78, 5) is 31.9. The van der Waals surface area contributed by atoms with Crippen molar-refractivity contribution in [3.63, 3.8) is 0 Å². The fourth-order valence-electron chi connectivity index (χ4n) is 2.78. The van der Waals surface area contributed by atoms with Gasteiger partial charge in [0.15, 0.2) is 4.34 Å². The van der Waals surface area contributed by atoms with Gasteiger partial charge >= 0.3 is 0 Å². The molecule has 0 radical (unpaired) electrons. The first-order chi connectivity index (χ1) is 15.5. The number of hydrogen-bond acceptors (Lipinski definition) is 7. The highest BCUT2D eigenvalue weighted by atomic mass is 79.9. The van der Waals surface area contributed by atoms with Crippen molar-refractivity contribution in [3.05, 3.63) is 86.9 Å². The van der Waals surface area contributed by atoms with Crippen LogP contribution in [0, 0.1) is 10.1 Å². The van der Waals surface area contributed by atoms with Crippen LogP contribution in [0.5, 0.6) is 0 Å². The van der Waals surface area contributed by atoms with Crippen LogP contribution in [0.4, 0.5) is 17.1 Å². The smallest absolute Gasteiger partial charge is 0.292 e. The zero-order valence-electron chi connectivity index (χ0n) is 16.4. The summed E-state index contributed by atoms with van der Waals surface area (Å²) in [6.07, 6.45) is 1.80. The molecule has 0 saturated carbocycles. The average molecular weight is 527 g/mol. The molecule has 0 aliphatic heterocycles. The number of aromatic nitrogens is 1. The second-order valence-electron chi connectivity index (χ2n) is 6.55. The van der Waals surface area contributed by atoms with Gasteiger partial charge in [0, 0.05) is 16.8 Å². The van der Waals surface area contributed by atoms with Crippen LogP contribution in [-0.2, 0) is 4.79 Å². The van der Waals surface area contributed by atoms with E-state index in [1.807, 2.05) is 42.5 Å². The molecule has 0 atom stereocenters. The van der Waals surface area contributed by atoms with E-state index in [1.165, 1.54) is 35.2 Å². The predicted octanol–water partition coefficient (Wildman–Crippen LogP) is 6.45. The third-order valence-electron chi connectivity index (χ3n) is 4.29. The van der Waals surface area contributed by atoms with Gasteiger partial charge in [0.1, 0.15) is 5.69 Å². The van der Waals surface area contributed by atoms with Gasteiger partial charge in [-0.3, -0.25) is 19.9 Å². The number of aliphatic imine (C=N–C) groups is 1. The van der Waals surface area contributed by atoms with Gasteiger partial charge in [-0.05, 0) is 42.0 Å². The summed E-state index contributed by atoms with van der Waals surface area (Å²) in [5.41, 5.74) is 2.69. The molecule has 0 fully saturated rings. The Bertz CT molecular complexity index is 1320. The summed E-state index contributed by atoms with van der Waals surface area (Å²) in [6, 6.07) is 19.7. The van der Waals surface area contributed by atoms with Crippen molar-refractivity contribution in [2.24, 2.45) is 4.99 Å². The Kier molecular flexibility index (Phi) is 6.93. The normalized spacial score (nSPS) is 11.2. The summed E-state index contributed by atoms with van der Waals surface area (Å²) in [6.45, 7) is 0. The van der Waals surface area contributed by atoms with Gasteiger partial charge in [0.25, 0.3) is 5.69 Å². The van der Waals surface area contributed by atoms with Crippen molar-refractivity contribution in [1.82, 2.24) is 4.98 Å². The number of hydrogen-bond donors (Lipinski definition) is 1. The minimum atomic E-state index is -0.521. The maximum absolute atomic E-state index is 12.3. The number of nitrogens with zero attached hydrogens (tertiary/aromatic N) is 3. The first kappa shape index (κ1) is 22.1. The fourth-order valence-corrected chi connectivity index (χ4v) is 4.95. The molecule has 0 spiro atoms. The molecule has 0 saturated heterocycles. The van der Waals surface area contributed by atoms with Crippen molar-refractivity contribution in [2.45, 2.75) is 4.34 Å². The van der Waals surface area contributed by atoms with E-state index in [2.05, 4.69) is 31.2 Å². The number of thioether (sulfide) groups is 1. The maximum Gasteiger partial charge on any atom is 0.292 e. The average Bonchev–Trinajstić information content (AvgIpc) is 3.20. The molecule has 160 valence electrons. The Morgan fingerprint density at radius 1 is 1.19 bits per heavy atom. The molecule has 0 bridgehead atoms. The van der Waals surface area contributed by atoms with Crippen LogP contribution < -0.4 is 5.32 Å². The zero-order valence-corrected chi connectivity index (χ0v) is 19.6. The second-order valence-corrected chi connectivity index (χ2v) is 9.72. The van der Waals surface area contributed by atoms with Crippen LogP contribution in [0.3, 0.4) is 0 Å². The third-order valence-corrected chi connectivity index (χ3v) is 6.98. The second kappa shape index (κ2) is 10.0. The largest absolute Gasteiger partial charge is 0.320 e. The number of rotatable bonds is 7. The molecular weight excluding hydrogens is 512 g/mol. The summed E-state index contributed by atoms with van der Waals surface area (Å²) in [5.74, 6) is -0.233. The topological polar surface area (TPSA) is 97.5 Å². The van der Waals surface area contributed by atoms with Gasteiger partial charge in [-0.2, -0.15) is 0 Å². The van der Waals surface area contributed by atoms with Crippen LogP contribution in [0.2, 0.25) is 0 Å². The standard InChI is InChI=1S/C22H15BrN4O3S2/c23-15-7-5-14(6-8-15)12-24-16-9-10-18-20(11-16)32-22(26-18)31-13-21(28)25-17-3-1-2-4-19(17)27(29)30/h1-12H,13H2,(H,25,28). The highest BCUT2D eigenvalue weighted by molar-refractivity contribution is 9.10. The Morgan fingerprint density at radius 2 is 1.97 bits per heavy atom. The van der Waals surface area contributed by atoms with Gasteiger partial charge < -0.3 is 5.32 Å². The lowest BCUT2D eigenvalue weighted by Gasteiger charge is -2.04. The number of halogens is 1. The third kappa shape index (κ3) is 5.58. The number of para-hydroxylation sites is 2. The van der Waals surface area contributed by atoms with E-state index in [9.17, 15) is 14.9 Å². The molecule has 1 heterocycles. The lowest BCUT2D eigenvalue weighted by Crippen LogP contribution is -2.15. The highest BCUT2D eigenvalue weighted by Gasteiger charge is 2.15. The monoisotopic (exact) mass is 526 g/mol. The summed E-state index contributed by atoms with van der Waals surface area (Å²) < 4.78 is 2.73. The number of anilines is 1. The van der Waals surface area contributed by atoms with Gasteiger partial charge in [0.2, 0.25) is 5.91 Å². The summed E-state index contributed by atoms with van der Waals surface area (Å²) in [7, 11) is 0. The number of thiazole rings is 1. The Balaban J connectivity index is 1.40. The fraction of sp³-hybridized carbons (Fsp3) is 0.0455. The summed E-state index contributed by atoms with van der Waals surface area (Å²) in [5, 5.41) is 13.7. The first-order valence-corrected chi connectivity index (χ1v) is 11.9. The molecule has 0 aliphatic rings. The zero-order chi connectivity index (χ0) is 22.5. The highest BCUT2D eigenvalue weighted by Crippen LogP contribution is 2.32. The number of amides is 1. The SMILES string of the molecule is O=C(CSc1nc2ccc(N=Cc3ccc(Br)cc3)cc2s1)Nc1ccccc1[N+](=O)[O-]. The van der Waals surface area contributed by atoms with Gasteiger partial charge in [0.05, 0.1) is 26.6 Å². The molecular formula is C22H15BrN4O3S2.